The van der Waals surface area contributed by atoms with Crippen molar-refractivity contribution in [3.05, 3.63) is 48.7 Å². The van der Waals surface area contributed by atoms with E-state index >= 15 is 0 Å². The monoisotopic (exact) mass is 323 g/mol. The number of aryl methyl sites for hydroxylation is 1. The summed E-state index contributed by atoms with van der Waals surface area (Å²) in [5.74, 6) is -0.272. The van der Waals surface area contributed by atoms with E-state index in [-0.39, 0.29) is 5.97 Å². The lowest BCUT2D eigenvalue weighted by Crippen LogP contribution is -2.36. The van der Waals surface area contributed by atoms with Crippen LogP contribution in [0.15, 0.2) is 43.0 Å². The third-order valence-corrected chi connectivity index (χ3v) is 4.52. The Kier molecular flexibility index (Phi) is 3.23. The molecule has 1 aliphatic rings. The standard InChI is InChI=1S/C17H17N5O2/c1-21-10-12(9-19-21)13-11-22-14(5-8-18-22)15(20-13)17(16(23)24-2)6-3-4-7-17/h3-5,8-11H,6-7H2,1-2H3. The molecule has 0 bridgehead atoms. The highest BCUT2D eigenvalue weighted by Gasteiger charge is 2.45. The first-order chi connectivity index (χ1) is 11.6. The highest BCUT2D eigenvalue weighted by molar-refractivity contribution is 5.86. The average Bonchev–Trinajstić information content (AvgIpc) is 3.33. The molecule has 1 aliphatic carbocycles. The van der Waals surface area contributed by atoms with Crippen molar-refractivity contribution in [2.24, 2.45) is 7.05 Å². The normalized spacial score (nSPS) is 15.9. The SMILES string of the molecule is COC(=O)C1(c2nc(-c3cnn(C)c3)cn3nccc23)CC=CC1. The molecular weight excluding hydrogens is 306 g/mol. The van der Waals surface area contributed by atoms with Gasteiger partial charge in [-0.15, -0.1) is 0 Å². The van der Waals surface area contributed by atoms with E-state index in [9.17, 15) is 4.79 Å². The van der Waals surface area contributed by atoms with E-state index in [1.807, 2.05) is 37.7 Å². The van der Waals surface area contributed by atoms with Crippen LogP contribution < -0.4 is 0 Å². The fourth-order valence-corrected chi connectivity index (χ4v) is 3.28. The zero-order chi connectivity index (χ0) is 16.7. The Bertz CT molecular complexity index is 945. The number of ether oxygens (including phenoxy) is 1. The van der Waals surface area contributed by atoms with Crippen molar-refractivity contribution in [3.63, 3.8) is 0 Å². The maximum absolute atomic E-state index is 12.6. The molecule has 0 saturated carbocycles. The molecule has 3 aromatic rings. The van der Waals surface area contributed by atoms with E-state index in [0.29, 0.717) is 18.5 Å². The molecule has 4 rings (SSSR count). The summed E-state index contributed by atoms with van der Waals surface area (Å²) in [6.07, 6.45) is 12.3. The van der Waals surface area contributed by atoms with Gasteiger partial charge < -0.3 is 4.74 Å². The Morgan fingerprint density at radius 2 is 2.04 bits per heavy atom. The second-order valence-corrected chi connectivity index (χ2v) is 5.99. The van der Waals surface area contributed by atoms with Gasteiger partial charge in [-0.05, 0) is 18.9 Å². The van der Waals surface area contributed by atoms with Gasteiger partial charge in [0, 0.05) is 18.8 Å². The number of carbonyl (C=O) groups is 1. The molecule has 0 saturated heterocycles. The fraction of sp³-hybridized carbons (Fsp3) is 0.294. The molecule has 0 aliphatic heterocycles. The number of methoxy groups -OCH3 is 1. The number of aromatic nitrogens is 5. The first kappa shape index (κ1) is 14.6. The molecule has 0 N–H and O–H groups in total. The second-order valence-electron chi connectivity index (χ2n) is 5.99. The van der Waals surface area contributed by atoms with E-state index < -0.39 is 5.41 Å². The summed E-state index contributed by atoms with van der Waals surface area (Å²) in [4.78, 5) is 17.4. The Morgan fingerprint density at radius 3 is 2.71 bits per heavy atom. The zero-order valence-electron chi connectivity index (χ0n) is 13.5. The van der Waals surface area contributed by atoms with Gasteiger partial charge in [-0.3, -0.25) is 9.48 Å². The van der Waals surface area contributed by atoms with Crippen LogP contribution in [0.3, 0.4) is 0 Å². The van der Waals surface area contributed by atoms with E-state index in [2.05, 4.69) is 10.2 Å². The predicted octanol–water partition coefficient (Wildman–Crippen LogP) is 1.89. The molecule has 0 amide bonds. The van der Waals surface area contributed by atoms with Crippen LogP contribution in [-0.4, -0.2) is 37.5 Å². The van der Waals surface area contributed by atoms with E-state index in [4.69, 9.17) is 9.72 Å². The van der Waals surface area contributed by atoms with E-state index in [1.165, 1.54) is 7.11 Å². The van der Waals surface area contributed by atoms with E-state index in [1.54, 1.807) is 21.6 Å². The van der Waals surface area contributed by atoms with Crippen LogP contribution in [0.2, 0.25) is 0 Å². The number of rotatable bonds is 3. The van der Waals surface area contributed by atoms with E-state index in [0.717, 1.165) is 16.8 Å². The molecule has 3 heterocycles. The molecule has 0 radical (unpaired) electrons. The smallest absolute Gasteiger partial charge is 0.318 e. The number of allylic oxidation sites excluding steroid dienone is 2. The Morgan fingerprint density at radius 1 is 1.25 bits per heavy atom. The highest BCUT2D eigenvalue weighted by atomic mass is 16.5. The predicted molar refractivity (Wildman–Crippen MR) is 87.3 cm³/mol. The largest absolute Gasteiger partial charge is 0.468 e. The van der Waals surface area contributed by atoms with Gasteiger partial charge in [-0.2, -0.15) is 10.2 Å². The van der Waals surface area contributed by atoms with Crippen molar-refractivity contribution in [1.29, 1.82) is 0 Å². The van der Waals surface area contributed by atoms with Crippen molar-refractivity contribution >= 4 is 11.5 Å². The van der Waals surface area contributed by atoms with Gasteiger partial charge in [0.05, 0.1) is 42.6 Å². The van der Waals surface area contributed by atoms with Gasteiger partial charge in [-0.1, -0.05) is 12.2 Å². The summed E-state index contributed by atoms with van der Waals surface area (Å²) in [5.41, 5.74) is 2.32. The molecule has 122 valence electrons. The molecule has 7 heteroatoms. The third kappa shape index (κ3) is 2.05. The molecule has 7 nitrogen and oxygen atoms in total. The zero-order valence-corrected chi connectivity index (χ0v) is 13.5. The van der Waals surface area contributed by atoms with Crippen LogP contribution in [0.25, 0.3) is 16.8 Å². The second kappa shape index (κ2) is 5.30. The lowest BCUT2D eigenvalue weighted by atomic mass is 9.81. The van der Waals surface area contributed by atoms with Gasteiger partial charge in [0.2, 0.25) is 0 Å². The topological polar surface area (TPSA) is 74.3 Å². The molecule has 0 aromatic carbocycles. The lowest BCUT2D eigenvalue weighted by Gasteiger charge is -2.26. The molecule has 24 heavy (non-hydrogen) atoms. The lowest BCUT2D eigenvalue weighted by molar-refractivity contribution is -0.147. The average molecular weight is 323 g/mol. The molecule has 0 spiro atoms. The van der Waals surface area contributed by atoms with Crippen LogP contribution in [0.1, 0.15) is 18.5 Å². The number of carbonyl (C=O) groups excluding carboxylic acids is 1. The number of hydrogen-bond acceptors (Lipinski definition) is 5. The Balaban J connectivity index is 1.97. The minimum atomic E-state index is -0.797. The van der Waals surface area contributed by atoms with Crippen molar-refractivity contribution in [1.82, 2.24) is 24.4 Å². The van der Waals surface area contributed by atoms with Gasteiger partial charge >= 0.3 is 5.97 Å². The number of fused-ring (bicyclic) bond motifs is 1. The molecule has 3 aromatic heterocycles. The van der Waals surface area contributed by atoms with Crippen LogP contribution in [0, 0.1) is 0 Å². The number of hydrogen-bond donors (Lipinski definition) is 0. The van der Waals surface area contributed by atoms with Crippen LogP contribution in [0.5, 0.6) is 0 Å². The number of nitrogens with zero attached hydrogens (tertiary/aromatic N) is 5. The molecule has 0 atom stereocenters. The van der Waals surface area contributed by atoms with Crippen molar-refractivity contribution in [2.45, 2.75) is 18.3 Å². The summed E-state index contributed by atoms with van der Waals surface area (Å²) in [7, 11) is 3.27. The van der Waals surface area contributed by atoms with Gasteiger partial charge in [0.15, 0.2) is 0 Å². The first-order valence-corrected chi connectivity index (χ1v) is 7.71. The maximum atomic E-state index is 12.6. The Labute approximate surface area is 138 Å². The summed E-state index contributed by atoms with van der Waals surface area (Å²) in [5, 5.41) is 8.54. The van der Waals surface area contributed by atoms with Crippen molar-refractivity contribution in [2.75, 3.05) is 7.11 Å². The summed E-state index contributed by atoms with van der Waals surface area (Å²) >= 11 is 0. The minimum absolute atomic E-state index is 0.272. The summed E-state index contributed by atoms with van der Waals surface area (Å²) in [6, 6.07) is 1.87. The van der Waals surface area contributed by atoms with Crippen molar-refractivity contribution in [3.8, 4) is 11.3 Å². The fourth-order valence-electron chi connectivity index (χ4n) is 3.28. The van der Waals surface area contributed by atoms with Crippen LogP contribution in [-0.2, 0) is 22.0 Å². The maximum Gasteiger partial charge on any atom is 0.318 e. The number of esters is 1. The Hall–Kier alpha value is -2.96. The molecule has 0 unspecified atom stereocenters. The first-order valence-electron chi connectivity index (χ1n) is 7.71. The van der Waals surface area contributed by atoms with Gasteiger partial charge in [0.25, 0.3) is 0 Å². The molecule has 0 fully saturated rings. The van der Waals surface area contributed by atoms with Crippen LogP contribution >= 0.6 is 0 Å². The minimum Gasteiger partial charge on any atom is -0.468 e. The summed E-state index contributed by atoms with van der Waals surface area (Å²) < 4.78 is 8.58. The van der Waals surface area contributed by atoms with Crippen LogP contribution in [0.4, 0.5) is 0 Å². The quantitative estimate of drug-likeness (QED) is 0.543. The highest BCUT2D eigenvalue weighted by Crippen LogP contribution is 2.40. The summed E-state index contributed by atoms with van der Waals surface area (Å²) in [6.45, 7) is 0. The third-order valence-electron chi connectivity index (χ3n) is 4.52. The van der Waals surface area contributed by atoms with Gasteiger partial charge in [-0.25, -0.2) is 9.50 Å². The molecular formula is C17H17N5O2. The van der Waals surface area contributed by atoms with Crippen molar-refractivity contribution < 1.29 is 9.53 Å². The van der Waals surface area contributed by atoms with Gasteiger partial charge in [0.1, 0.15) is 5.41 Å².